The quantitative estimate of drug-likeness (QED) is 0.833. The van der Waals surface area contributed by atoms with E-state index in [-0.39, 0.29) is 0 Å². The molecule has 2 aromatic rings. The van der Waals surface area contributed by atoms with Gasteiger partial charge in [0.15, 0.2) is 0 Å². The molecule has 2 heterocycles. The van der Waals surface area contributed by atoms with Gasteiger partial charge in [-0.1, -0.05) is 19.4 Å². The van der Waals surface area contributed by atoms with E-state index in [0.29, 0.717) is 0 Å². The predicted molar refractivity (Wildman–Crippen MR) is 61.4 cm³/mol. The lowest BCUT2D eigenvalue weighted by Crippen LogP contribution is -1.83. The topological polar surface area (TPSA) is 41.6 Å². The first-order valence-corrected chi connectivity index (χ1v) is 5.26. The second kappa shape index (κ2) is 7.74. The van der Waals surface area contributed by atoms with Crippen molar-refractivity contribution in [3.05, 3.63) is 48.5 Å². The minimum atomic E-state index is 1.14. The van der Waals surface area contributed by atoms with Gasteiger partial charge in [0.1, 0.15) is 0 Å². The van der Waals surface area contributed by atoms with E-state index in [4.69, 9.17) is 0 Å². The van der Waals surface area contributed by atoms with Gasteiger partial charge in [0.25, 0.3) is 0 Å². The van der Waals surface area contributed by atoms with Crippen LogP contribution < -0.4 is 0 Å². The van der Waals surface area contributed by atoms with E-state index in [9.17, 15) is 0 Å². The number of aryl methyl sites for hydroxylation is 1. The minimum Gasteiger partial charge on any atom is -0.283 e. The first kappa shape index (κ1) is 11.4. The summed E-state index contributed by atoms with van der Waals surface area (Å²) in [5.74, 6) is 0. The number of hydrogen-bond acceptors (Lipinski definition) is 2. The number of rotatable bonds is 3. The number of hydrogen-bond donors (Lipinski definition) is 1. The van der Waals surface area contributed by atoms with Crippen molar-refractivity contribution in [1.82, 2.24) is 15.2 Å². The molecule has 0 aliphatic heterocycles. The fraction of sp³-hybridized carbons (Fsp3) is 0.333. The normalized spacial score (nSPS) is 9.13. The molecule has 1 N–H and O–H groups in total. The molecule has 0 saturated heterocycles. The lowest BCUT2D eigenvalue weighted by atomic mass is 10.2. The number of H-pyrrole nitrogens is 1. The molecule has 0 atom stereocenters. The third-order valence-electron chi connectivity index (χ3n) is 1.92. The van der Waals surface area contributed by atoms with E-state index in [0.717, 1.165) is 6.42 Å². The zero-order chi connectivity index (χ0) is 10.8. The minimum absolute atomic E-state index is 1.14. The molecule has 15 heavy (non-hydrogen) atoms. The maximum atomic E-state index is 3.85. The lowest BCUT2D eigenvalue weighted by Gasteiger charge is -1.90. The third kappa shape index (κ3) is 5.62. The van der Waals surface area contributed by atoms with E-state index in [1.807, 2.05) is 24.3 Å². The number of aromatic amines is 1. The Bertz CT molecular complexity index is 289. The van der Waals surface area contributed by atoms with Crippen molar-refractivity contribution in [1.29, 1.82) is 0 Å². The second-order valence-electron chi connectivity index (χ2n) is 3.21. The van der Waals surface area contributed by atoms with Crippen LogP contribution in [-0.4, -0.2) is 15.2 Å². The molecule has 3 nitrogen and oxygen atoms in total. The van der Waals surface area contributed by atoms with E-state index in [2.05, 4.69) is 22.1 Å². The monoisotopic (exact) mass is 203 g/mol. The second-order valence-corrected chi connectivity index (χ2v) is 3.21. The van der Waals surface area contributed by atoms with Gasteiger partial charge in [-0.25, -0.2) is 0 Å². The predicted octanol–water partition coefficient (Wildman–Crippen LogP) is 2.83. The van der Waals surface area contributed by atoms with Crippen LogP contribution in [0.1, 0.15) is 25.5 Å². The highest BCUT2D eigenvalue weighted by Gasteiger charge is 1.89. The Balaban J connectivity index is 0.000000162. The molecule has 2 rings (SSSR count). The largest absolute Gasteiger partial charge is 0.283 e. The van der Waals surface area contributed by atoms with Gasteiger partial charge in [-0.05, 0) is 31.0 Å². The summed E-state index contributed by atoms with van der Waals surface area (Å²) in [5, 5.41) is 6.77. The maximum Gasteiger partial charge on any atom is 0.0490 e. The molecule has 0 amide bonds. The molecule has 0 spiro atoms. The number of unbranched alkanes of at least 4 members (excludes halogenated alkanes) is 1. The highest BCUT2D eigenvalue weighted by atomic mass is 15.1. The van der Waals surface area contributed by atoms with E-state index in [1.165, 1.54) is 18.5 Å². The van der Waals surface area contributed by atoms with Crippen LogP contribution in [0.3, 0.4) is 0 Å². The summed E-state index contributed by atoms with van der Waals surface area (Å²) >= 11 is 0. The summed E-state index contributed by atoms with van der Waals surface area (Å²) in [6.45, 7) is 2.19. The maximum absolute atomic E-state index is 3.85. The van der Waals surface area contributed by atoms with E-state index < -0.39 is 0 Å². The van der Waals surface area contributed by atoms with Gasteiger partial charge >= 0.3 is 0 Å². The molecule has 0 saturated carbocycles. The molecular formula is C12H17N3. The Morgan fingerprint density at radius 1 is 1.13 bits per heavy atom. The van der Waals surface area contributed by atoms with Crippen molar-refractivity contribution in [3.8, 4) is 0 Å². The molecule has 0 fully saturated rings. The van der Waals surface area contributed by atoms with Crippen molar-refractivity contribution in [2.45, 2.75) is 26.2 Å². The summed E-state index contributed by atoms with van der Waals surface area (Å²) in [7, 11) is 0. The molecule has 0 aromatic carbocycles. The Morgan fingerprint density at radius 3 is 2.33 bits per heavy atom. The Hall–Kier alpha value is -1.64. The lowest BCUT2D eigenvalue weighted by molar-refractivity contribution is 0.772. The fourth-order valence-corrected chi connectivity index (χ4v) is 1.10. The summed E-state index contributed by atoms with van der Waals surface area (Å²) in [6.07, 6.45) is 8.93. The van der Waals surface area contributed by atoms with Crippen molar-refractivity contribution in [3.63, 3.8) is 0 Å². The highest BCUT2D eigenvalue weighted by Crippen LogP contribution is 1.98. The van der Waals surface area contributed by atoms with Crippen molar-refractivity contribution in [2.75, 3.05) is 0 Å². The molecule has 0 bridgehead atoms. The van der Waals surface area contributed by atoms with Crippen LogP contribution in [0.4, 0.5) is 0 Å². The zero-order valence-corrected chi connectivity index (χ0v) is 9.06. The molecular weight excluding hydrogens is 186 g/mol. The van der Waals surface area contributed by atoms with Crippen molar-refractivity contribution >= 4 is 0 Å². The van der Waals surface area contributed by atoms with Crippen LogP contribution in [0, 0.1) is 0 Å². The average Bonchev–Trinajstić information content (AvgIpc) is 2.82. The van der Waals surface area contributed by atoms with Crippen LogP contribution in [0.15, 0.2) is 42.9 Å². The Labute approximate surface area is 90.6 Å². The smallest absolute Gasteiger partial charge is 0.0490 e. The molecule has 3 heteroatoms. The van der Waals surface area contributed by atoms with Crippen LogP contribution in [0.2, 0.25) is 0 Å². The summed E-state index contributed by atoms with van der Waals surface area (Å²) in [5.41, 5.74) is 1.25. The van der Waals surface area contributed by atoms with Crippen LogP contribution in [-0.2, 0) is 6.42 Å². The molecule has 2 aromatic heterocycles. The van der Waals surface area contributed by atoms with Gasteiger partial charge in [0, 0.05) is 24.3 Å². The summed E-state index contributed by atoms with van der Waals surface area (Å²) in [6, 6.07) is 7.74. The van der Waals surface area contributed by atoms with Crippen molar-refractivity contribution < 1.29 is 0 Å². The fourth-order valence-electron chi connectivity index (χ4n) is 1.10. The van der Waals surface area contributed by atoms with E-state index >= 15 is 0 Å². The third-order valence-corrected chi connectivity index (χ3v) is 1.92. The number of pyridine rings is 1. The SMILES string of the molecule is CCCCc1ccn[nH]1.c1ccncc1. The molecule has 0 unspecified atom stereocenters. The van der Waals surface area contributed by atoms with Gasteiger partial charge in [-0.15, -0.1) is 0 Å². The number of aromatic nitrogens is 3. The van der Waals surface area contributed by atoms with Gasteiger partial charge < -0.3 is 0 Å². The highest BCUT2D eigenvalue weighted by molar-refractivity contribution is 4.96. The van der Waals surface area contributed by atoms with Gasteiger partial charge in [0.2, 0.25) is 0 Å². The number of nitrogens with zero attached hydrogens (tertiary/aromatic N) is 2. The standard InChI is InChI=1S/C7H12N2.C5H5N/c1-2-3-4-7-5-6-8-9-7;1-2-4-6-5-3-1/h5-6H,2-4H2,1H3,(H,8,9);1-5H. The molecule has 0 aliphatic carbocycles. The first-order valence-electron chi connectivity index (χ1n) is 5.26. The van der Waals surface area contributed by atoms with Gasteiger partial charge in [0.05, 0.1) is 0 Å². The van der Waals surface area contributed by atoms with Crippen LogP contribution in [0.25, 0.3) is 0 Å². The Morgan fingerprint density at radius 2 is 1.93 bits per heavy atom. The Kier molecular flexibility index (Phi) is 5.90. The first-order chi connectivity index (χ1) is 7.43. The molecule has 0 radical (unpaired) electrons. The van der Waals surface area contributed by atoms with E-state index in [1.54, 1.807) is 18.6 Å². The van der Waals surface area contributed by atoms with Crippen LogP contribution in [0.5, 0.6) is 0 Å². The van der Waals surface area contributed by atoms with Crippen molar-refractivity contribution in [2.24, 2.45) is 0 Å². The zero-order valence-electron chi connectivity index (χ0n) is 9.06. The molecule has 0 aliphatic rings. The number of nitrogens with one attached hydrogen (secondary N) is 1. The summed E-state index contributed by atoms with van der Waals surface area (Å²) < 4.78 is 0. The average molecular weight is 203 g/mol. The molecule has 80 valence electrons. The van der Waals surface area contributed by atoms with Gasteiger partial charge in [-0.2, -0.15) is 5.10 Å². The van der Waals surface area contributed by atoms with Crippen LogP contribution >= 0.6 is 0 Å². The van der Waals surface area contributed by atoms with Gasteiger partial charge in [-0.3, -0.25) is 10.1 Å². The summed E-state index contributed by atoms with van der Waals surface area (Å²) in [4.78, 5) is 3.78.